The van der Waals surface area contributed by atoms with E-state index in [9.17, 15) is 8.42 Å². The van der Waals surface area contributed by atoms with E-state index in [-0.39, 0.29) is 28.2 Å². The second-order valence-corrected chi connectivity index (χ2v) is 12.0. The van der Waals surface area contributed by atoms with Gasteiger partial charge in [0.25, 0.3) is 0 Å². The quantitative estimate of drug-likeness (QED) is 0.317. The van der Waals surface area contributed by atoms with E-state index < -0.39 is 21.1 Å². The van der Waals surface area contributed by atoms with Gasteiger partial charge in [-0.25, -0.2) is 32.7 Å². The Morgan fingerprint density at radius 3 is 2.47 bits per heavy atom. The van der Waals surface area contributed by atoms with Crippen molar-refractivity contribution >= 4 is 21.1 Å². The van der Waals surface area contributed by atoms with Gasteiger partial charge in [0.15, 0.2) is 32.7 Å². The van der Waals surface area contributed by atoms with E-state index in [0.717, 1.165) is 11.1 Å². The maximum Gasteiger partial charge on any atom is 0.223 e. The van der Waals surface area contributed by atoms with Crippen LogP contribution in [-0.2, 0) is 15.3 Å². The molecular formula is C28H24FN5O3S. The number of rotatable bonds is 5. The summed E-state index contributed by atoms with van der Waals surface area (Å²) >= 11 is 0. The van der Waals surface area contributed by atoms with E-state index >= 15 is 4.39 Å². The van der Waals surface area contributed by atoms with E-state index in [1.54, 1.807) is 49.6 Å². The predicted octanol–water partition coefficient (Wildman–Crippen LogP) is 5.56. The molecule has 3 aromatic heterocycles. The number of imidazole rings is 1. The average Bonchev–Trinajstić information content (AvgIpc) is 3.37. The van der Waals surface area contributed by atoms with Gasteiger partial charge in [-0.05, 0) is 24.3 Å². The van der Waals surface area contributed by atoms with Crippen LogP contribution in [0.4, 0.5) is 4.39 Å². The number of halogens is 1. The lowest BCUT2D eigenvalue weighted by molar-refractivity contribution is 0.353. The van der Waals surface area contributed by atoms with Crippen molar-refractivity contribution in [1.29, 1.82) is 0 Å². The fourth-order valence-electron chi connectivity index (χ4n) is 5.00. The van der Waals surface area contributed by atoms with E-state index in [1.165, 1.54) is 6.07 Å². The number of benzene rings is 2. The monoisotopic (exact) mass is 529 g/mol. The third-order valence-electron chi connectivity index (χ3n) is 7.06. The molecule has 1 aliphatic heterocycles. The molecule has 0 saturated carbocycles. The normalized spacial score (nSPS) is 15.1. The number of nitrogens with one attached hydrogen (secondary N) is 1. The summed E-state index contributed by atoms with van der Waals surface area (Å²) < 4.78 is 45.5. The van der Waals surface area contributed by atoms with Crippen LogP contribution in [0.5, 0.6) is 11.6 Å². The van der Waals surface area contributed by atoms with Gasteiger partial charge in [0.1, 0.15) is 5.82 Å². The van der Waals surface area contributed by atoms with Gasteiger partial charge >= 0.3 is 0 Å². The number of ether oxygens (including phenoxy) is 1. The molecule has 5 aromatic rings. The number of nitrogens with zero attached hydrogens (tertiary/aromatic N) is 4. The van der Waals surface area contributed by atoms with Gasteiger partial charge in [0.2, 0.25) is 5.88 Å². The Morgan fingerprint density at radius 1 is 0.974 bits per heavy atom. The molecule has 1 N–H and O–H groups in total. The highest BCUT2D eigenvalue weighted by Crippen LogP contribution is 2.52. The number of para-hydroxylation sites is 1. The van der Waals surface area contributed by atoms with Crippen LogP contribution in [0.25, 0.3) is 22.6 Å². The van der Waals surface area contributed by atoms with Gasteiger partial charge < -0.3 is 9.72 Å². The summed E-state index contributed by atoms with van der Waals surface area (Å²) in [4.78, 5) is 21.6. The molecule has 4 heterocycles. The molecule has 38 heavy (non-hydrogen) atoms. The lowest BCUT2D eigenvalue weighted by atomic mass is 9.69. The Labute approximate surface area is 218 Å². The fourth-order valence-corrected chi connectivity index (χ4v) is 5.89. The average molecular weight is 530 g/mol. The second-order valence-electron chi connectivity index (χ2n) is 9.75. The SMILES string of the molecule is CCS(=O)(=O)c1ccc(-c2ccc3c(n2)Oc2c(F)cccc2[C@@H]3C(C)(C)c2nc3nccnc3[nH]2)cc1. The van der Waals surface area contributed by atoms with E-state index in [4.69, 9.17) is 14.7 Å². The number of hydrogen-bond donors (Lipinski definition) is 1. The van der Waals surface area contributed by atoms with Crippen molar-refractivity contribution in [3.05, 3.63) is 89.8 Å². The number of aromatic nitrogens is 5. The van der Waals surface area contributed by atoms with Crippen molar-refractivity contribution in [3.8, 4) is 22.9 Å². The van der Waals surface area contributed by atoms with Crippen LogP contribution in [0.3, 0.4) is 0 Å². The molecule has 1 aliphatic rings. The van der Waals surface area contributed by atoms with Crippen molar-refractivity contribution < 1.29 is 17.5 Å². The van der Waals surface area contributed by atoms with E-state index in [2.05, 4.69) is 15.0 Å². The summed E-state index contributed by atoms with van der Waals surface area (Å²) in [6.45, 7) is 5.67. The topological polar surface area (TPSA) is 111 Å². The summed E-state index contributed by atoms with van der Waals surface area (Å²) in [6, 6.07) is 15.2. The molecule has 6 rings (SSSR count). The van der Waals surface area contributed by atoms with Crippen LogP contribution in [0.1, 0.15) is 43.6 Å². The first-order chi connectivity index (χ1) is 18.2. The van der Waals surface area contributed by atoms with Crippen molar-refractivity contribution in [2.45, 2.75) is 37.0 Å². The highest BCUT2D eigenvalue weighted by atomic mass is 32.2. The highest BCUT2D eigenvalue weighted by molar-refractivity contribution is 7.91. The molecule has 0 aliphatic carbocycles. The number of pyridine rings is 1. The lowest BCUT2D eigenvalue weighted by Crippen LogP contribution is -2.32. The Kier molecular flexibility index (Phi) is 5.53. The molecule has 8 nitrogen and oxygen atoms in total. The smallest absolute Gasteiger partial charge is 0.223 e. The second kappa shape index (κ2) is 8.70. The third-order valence-corrected chi connectivity index (χ3v) is 8.81. The van der Waals surface area contributed by atoms with E-state index in [1.807, 2.05) is 32.0 Å². The lowest BCUT2D eigenvalue weighted by Gasteiger charge is -2.37. The highest BCUT2D eigenvalue weighted by Gasteiger charge is 2.43. The van der Waals surface area contributed by atoms with Crippen LogP contribution in [0, 0.1) is 5.82 Å². The minimum absolute atomic E-state index is 0.0246. The minimum atomic E-state index is -3.31. The third kappa shape index (κ3) is 3.83. The molecule has 0 unspecified atom stereocenters. The largest absolute Gasteiger partial charge is 0.435 e. The molecular weight excluding hydrogens is 505 g/mol. The summed E-state index contributed by atoms with van der Waals surface area (Å²) in [6.07, 6.45) is 3.19. The Balaban J connectivity index is 1.47. The summed E-state index contributed by atoms with van der Waals surface area (Å²) in [5.41, 5.74) is 3.20. The van der Waals surface area contributed by atoms with Crippen molar-refractivity contribution in [2.24, 2.45) is 0 Å². The van der Waals surface area contributed by atoms with E-state index in [0.29, 0.717) is 28.4 Å². The van der Waals surface area contributed by atoms with Gasteiger partial charge in [0, 0.05) is 40.4 Å². The van der Waals surface area contributed by atoms with Gasteiger partial charge in [-0.1, -0.05) is 51.1 Å². The van der Waals surface area contributed by atoms with Gasteiger partial charge in [-0.15, -0.1) is 0 Å². The number of fused-ring (bicyclic) bond motifs is 3. The zero-order valence-corrected chi connectivity index (χ0v) is 21.8. The summed E-state index contributed by atoms with van der Waals surface area (Å²) in [5.74, 6) is 0.259. The fraction of sp³-hybridized carbons (Fsp3) is 0.214. The molecule has 1 atom stereocenters. The number of H-pyrrole nitrogens is 1. The molecule has 2 aromatic carbocycles. The first-order valence-corrected chi connectivity index (χ1v) is 13.8. The van der Waals surface area contributed by atoms with Crippen LogP contribution < -0.4 is 4.74 Å². The number of hydrogen-bond acceptors (Lipinski definition) is 7. The maximum absolute atomic E-state index is 15.1. The predicted molar refractivity (Wildman–Crippen MR) is 140 cm³/mol. The molecule has 0 radical (unpaired) electrons. The molecule has 0 fully saturated rings. The van der Waals surface area contributed by atoms with Gasteiger partial charge in [0.05, 0.1) is 16.3 Å². The van der Waals surface area contributed by atoms with Crippen LogP contribution in [0.2, 0.25) is 0 Å². The standard InChI is InChI=1S/C28H24FN5O3S/c1-4-38(35,36)17-10-8-16(9-11-17)21-13-12-19-22(18-6-5-7-20(29)23(18)37-26(19)32-21)28(2,3)27-33-24-25(34-27)31-15-14-30-24/h5-15,22H,4H2,1-3H3,(H,30,31,33,34)/t22-/m0/s1. The van der Waals surface area contributed by atoms with Gasteiger partial charge in [-0.2, -0.15) is 0 Å². The molecule has 10 heteroatoms. The Hall–Kier alpha value is -4.18. The molecule has 0 bridgehead atoms. The Morgan fingerprint density at radius 2 is 1.74 bits per heavy atom. The molecule has 192 valence electrons. The molecule has 0 amide bonds. The molecule has 0 spiro atoms. The number of sulfone groups is 1. The van der Waals surface area contributed by atoms with Crippen molar-refractivity contribution in [1.82, 2.24) is 24.9 Å². The van der Waals surface area contributed by atoms with Crippen molar-refractivity contribution in [2.75, 3.05) is 5.75 Å². The molecule has 0 saturated heterocycles. The van der Waals surface area contributed by atoms with Crippen LogP contribution in [-0.4, -0.2) is 39.1 Å². The number of aromatic amines is 1. The first kappa shape index (κ1) is 24.2. The van der Waals surface area contributed by atoms with Crippen LogP contribution >= 0.6 is 0 Å². The Bertz CT molecular complexity index is 1770. The van der Waals surface area contributed by atoms with Crippen molar-refractivity contribution in [3.63, 3.8) is 0 Å². The zero-order valence-electron chi connectivity index (χ0n) is 20.9. The van der Waals surface area contributed by atoms with Crippen LogP contribution in [0.15, 0.2) is 71.9 Å². The zero-order chi connectivity index (χ0) is 26.7. The first-order valence-electron chi connectivity index (χ1n) is 12.2. The minimum Gasteiger partial charge on any atom is -0.435 e. The maximum atomic E-state index is 15.1. The summed E-state index contributed by atoms with van der Waals surface area (Å²) in [7, 11) is -3.31. The summed E-state index contributed by atoms with van der Waals surface area (Å²) in [5, 5.41) is 0. The van der Waals surface area contributed by atoms with Gasteiger partial charge in [-0.3, -0.25) is 0 Å².